The van der Waals surface area contributed by atoms with E-state index in [4.69, 9.17) is 4.74 Å². The molecule has 0 spiro atoms. The van der Waals surface area contributed by atoms with Gasteiger partial charge >= 0.3 is 0 Å². The summed E-state index contributed by atoms with van der Waals surface area (Å²) in [7, 11) is 0. The Morgan fingerprint density at radius 3 is 2.56 bits per heavy atom. The van der Waals surface area contributed by atoms with Crippen LogP contribution in [0.3, 0.4) is 0 Å². The van der Waals surface area contributed by atoms with E-state index >= 15 is 0 Å². The highest BCUT2D eigenvalue weighted by molar-refractivity contribution is 5.26. The minimum absolute atomic E-state index is 0.271. The first-order chi connectivity index (χ1) is 8.47. The quantitative estimate of drug-likeness (QED) is 0.858. The lowest BCUT2D eigenvalue weighted by atomic mass is 9.90. The van der Waals surface area contributed by atoms with Crippen molar-refractivity contribution in [1.29, 1.82) is 0 Å². The van der Waals surface area contributed by atoms with Gasteiger partial charge < -0.3 is 14.9 Å². The van der Waals surface area contributed by atoms with Gasteiger partial charge in [-0.05, 0) is 37.5 Å². The lowest BCUT2D eigenvalue weighted by Gasteiger charge is -2.34. The lowest BCUT2D eigenvalue weighted by molar-refractivity contribution is -0.000440. The first kappa shape index (κ1) is 12.6. The molecule has 0 saturated carbocycles. The Morgan fingerprint density at radius 2 is 1.94 bits per heavy atom. The van der Waals surface area contributed by atoms with Crippen LogP contribution >= 0.6 is 0 Å². The molecule has 1 aliphatic rings. The van der Waals surface area contributed by atoms with Crippen LogP contribution in [-0.2, 0) is 11.2 Å². The van der Waals surface area contributed by atoms with Crippen LogP contribution < -0.4 is 0 Å². The molecule has 0 unspecified atom stereocenters. The number of hydrogen-bond donors (Lipinski definition) is 2. The van der Waals surface area contributed by atoms with Gasteiger partial charge in [-0.25, -0.2) is 0 Å². The normalized spacial score (nSPS) is 23.4. The van der Waals surface area contributed by atoms with E-state index in [0.29, 0.717) is 17.9 Å². The van der Waals surface area contributed by atoms with E-state index in [1.165, 1.54) is 0 Å². The number of aromatic hydroxyl groups is 1. The molecule has 0 radical (unpaired) electrons. The van der Waals surface area contributed by atoms with Crippen LogP contribution in [0.1, 0.15) is 25.3 Å². The van der Waals surface area contributed by atoms with E-state index in [-0.39, 0.29) is 5.75 Å². The van der Waals surface area contributed by atoms with Gasteiger partial charge in [-0.2, -0.15) is 0 Å². The van der Waals surface area contributed by atoms with Crippen molar-refractivity contribution in [3.63, 3.8) is 0 Å². The molecule has 1 aromatic carbocycles. The van der Waals surface area contributed by atoms with E-state index in [2.05, 4.69) is 6.58 Å². The van der Waals surface area contributed by atoms with Crippen LogP contribution in [0.25, 0.3) is 0 Å². The highest BCUT2D eigenvalue weighted by atomic mass is 16.5. The molecule has 1 aromatic rings. The Bertz CT molecular complexity index is 473. The molecule has 1 heterocycles. The highest BCUT2D eigenvalue weighted by Crippen LogP contribution is 2.32. The minimum atomic E-state index is -0.409. The van der Waals surface area contributed by atoms with Crippen LogP contribution in [0, 0.1) is 0 Å². The number of phenolic OH excluding ortho intramolecular Hbond substituents is 1. The number of hydrogen-bond acceptors (Lipinski definition) is 3. The van der Waals surface area contributed by atoms with E-state index in [1.54, 1.807) is 18.2 Å². The number of benzene rings is 1. The average Bonchev–Trinajstić information content (AvgIpc) is 2.26. The van der Waals surface area contributed by atoms with Crippen LogP contribution in [-0.4, -0.2) is 15.8 Å². The summed E-state index contributed by atoms with van der Waals surface area (Å²) < 4.78 is 5.71. The molecular formula is C15H18O3. The summed E-state index contributed by atoms with van der Waals surface area (Å²) in [5.74, 6) is 1.10. The van der Waals surface area contributed by atoms with Crippen LogP contribution in [0.2, 0.25) is 0 Å². The van der Waals surface area contributed by atoms with Gasteiger partial charge in [0, 0.05) is 12.5 Å². The Kier molecular flexibility index (Phi) is 3.32. The molecule has 18 heavy (non-hydrogen) atoms. The fourth-order valence-corrected chi connectivity index (χ4v) is 2.21. The van der Waals surface area contributed by atoms with E-state index < -0.39 is 5.60 Å². The number of aliphatic hydroxyl groups excluding tert-OH is 1. The summed E-state index contributed by atoms with van der Waals surface area (Å²) in [6, 6.07) is 7.14. The molecule has 0 aromatic heterocycles. The average molecular weight is 246 g/mol. The second-order valence-electron chi connectivity index (χ2n) is 5.00. The largest absolute Gasteiger partial charge is 0.512 e. The fourth-order valence-electron chi connectivity index (χ4n) is 2.21. The van der Waals surface area contributed by atoms with Crippen molar-refractivity contribution < 1.29 is 14.9 Å². The van der Waals surface area contributed by atoms with Gasteiger partial charge in [0.2, 0.25) is 0 Å². The summed E-state index contributed by atoms with van der Waals surface area (Å²) in [6.45, 7) is 5.71. The SMILES string of the molecule is C=C1C=C(O)C[C@](C)(CCc2ccc(O)cc2)O1. The first-order valence-electron chi connectivity index (χ1n) is 6.02. The van der Waals surface area contributed by atoms with Gasteiger partial charge in [0.1, 0.15) is 17.1 Å². The molecule has 3 heteroatoms. The zero-order valence-electron chi connectivity index (χ0n) is 10.5. The topological polar surface area (TPSA) is 49.7 Å². The Labute approximate surface area is 107 Å². The molecule has 96 valence electrons. The fraction of sp³-hybridized carbons (Fsp3) is 0.333. The monoisotopic (exact) mass is 246 g/mol. The van der Waals surface area contributed by atoms with Gasteiger partial charge in [0.05, 0.1) is 5.76 Å². The maximum Gasteiger partial charge on any atom is 0.116 e. The van der Waals surface area contributed by atoms with Crippen LogP contribution in [0.4, 0.5) is 0 Å². The third kappa shape index (κ3) is 3.06. The molecule has 1 aliphatic heterocycles. The minimum Gasteiger partial charge on any atom is -0.512 e. The summed E-state index contributed by atoms with van der Waals surface area (Å²) in [5.41, 5.74) is 0.727. The lowest BCUT2D eigenvalue weighted by Crippen LogP contribution is -2.32. The number of aryl methyl sites for hydroxylation is 1. The van der Waals surface area contributed by atoms with Crippen molar-refractivity contribution in [3.8, 4) is 5.75 Å². The highest BCUT2D eigenvalue weighted by Gasteiger charge is 2.31. The number of phenols is 1. The molecular weight excluding hydrogens is 228 g/mol. The molecule has 0 bridgehead atoms. The summed E-state index contributed by atoms with van der Waals surface area (Å²) in [4.78, 5) is 0. The van der Waals surface area contributed by atoms with Crippen molar-refractivity contribution >= 4 is 0 Å². The Balaban J connectivity index is 1.99. The Morgan fingerprint density at radius 1 is 1.28 bits per heavy atom. The maximum atomic E-state index is 9.64. The second kappa shape index (κ2) is 4.77. The van der Waals surface area contributed by atoms with Gasteiger partial charge in [-0.3, -0.25) is 0 Å². The van der Waals surface area contributed by atoms with Crippen LogP contribution in [0.5, 0.6) is 5.75 Å². The molecule has 3 nitrogen and oxygen atoms in total. The Hall–Kier alpha value is -1.90. The van der Waals surface area contributed by atoms with Crippen LogP contribution in [0.15, 0.2) is 48.4 Å². The third-order valence-corrected chi connectivity index (χ3v) is 3.14. The number of rotatable bonds is 3. The summed E-state index contributed by atoms with van der Waals surface area (Å²) >= 11 is 0. The molecule has 0 amide bonds. The van der Waals surface area contributed by atoms with Crippen molar-refractivity contribution in [2.75, 3.05) is 0 Å². The molecule has 1 atom stereocenters. The van der Waals surface area contributed by atoms with E-state index in [0.717, 1.165) is 18.4 Å². The zero-order chi connectivity index (χ0) is 13.2. The predicted molar refractivity (Wildman–Crippen MR) is 70.4 cm³/mol. The maximum absolute atomic E-state index is 9.64. The first-order valence-corrected chi connectivity index (χ1v) is 6.02. The van der Waals surface area contributed by atoms with E-state index in [9.17, 15) is 10.2 Å². The molecule has 0 aliphatic carbocycles. The smallest absolute Gasteiger partial charge is 0.116 e. The van der Waals surface area contributed by atoms with Gasteiger partial charge in [-0.15, -0.1) is 0 Å². The summed E-state index contributed by atoms with van der Waals surface area (Å²) in [5, 5.41) is 18.9. The number of ether oxygens (including phenoxy) is 1. The number of allylic oxidation sites excluding steroid dienone is 1. The standard InChI is InChI=1S/C15H18O3/c1-11-9-14(17)10-15(2,18-11)8-7-12-3-5-13(16)6-4-12/h3-6,9,16-17H,1,7-8,10H2,2H3/t15-/m0/s1. The molecule has 0 saturated heterocycles. The predicted octanol–water partition coefficient (Wildman–Crippen LogP) is 3.46. The number of aliphatic hydroxyl groups is 1. The molecule has 0 fully saturated rings. The summed E-state index contributed by atoms with van der Waals surface area (Å²) in [6.07, 6.45) is 3.68. The van der Waals surface area contributed by atoms with Crippen molar-refractivity contribution in [3.05, 3.63) is 54.0 Å². The van der Waals surface area contributed by atoms with Crippen molar-refractivity contribution in [2.45, 2.75) is 31.8 Å². The van der Waals surface area contributed by atoms with Crippen molar-refractivity contribution in [1.82, 2.24) is 0 Å². The third-order valence-electron chi connectivity index (χ3n) is 3.14. The van der Waals surface area contributed by atoms with Crippen molar-refractivity contribution in [2.24, 2.45) is 0 Å². The zero-order valence-corrected chi connectivity index (χ0v) is 10.5. The van der Waals surface area contributed by atoms with Gasteiger partial charge in [0.15, 0.2) is 0 Å². The second-order valence-corrected chi connectivity index (χ2v) is 5.00. The van der Waals surface area contributed by atoms with E-state index in [1.807, 2.05) is 19.1 Å². The molecule has 2 N–H and O–H groups in total. The van der Waals surface area contributed by atoms with Gasteiger partial charge in [-0.1, -0.05) is 18.7 Å². The molecule has 2 rings (SSSR count). The van der Waals surface area contributed by atoms with Gasteiger partial charge in [0.25, 0.3) is 0 Å².